The molecule has 1 aromatic heterocycles. The Balaban J connectivity index is 0.000000222. The van der Waals surface area contributed by atoms with E-state index in [0.29, 0.717) is 0 Å². The normalized spacial score (nSPS) is 14.5. The monoisotopic (exact) mass is 229 g/mol. The van der Waals surface area contributed by atoms with Crippen molar-refractivity contribution < 1.29 is 9.32 Å². The van der Waals surface area contributed by atoms with E-state index < -0.39 is 6.03 Å². The molecule has 0 unspecified atom stereocenters. The molecule has 1 aliphatic heterocycles. The molecular weight excluding hydrogens is 210 g/mol. The molecule has 1 aliphatic rings. The van der Waals surface area contributed by atoms with Crippen LogP contribution in [0, 0.1) is 0 Å². The lowest BCUT2D eigenvalue weighted by Gasteiger charge is -1.95. The van der Waals surface area contributed by atoms with E-state index in [1.54, 1.807) is 12.3 Å². The molecule has 0 atom stereocenters. The molecule has 1 saturated heterocycles. The highest BCUT2D eigenvalue weighted by atomic mass is 16.5. The van der Waals surface area contributed by atoms with E-state index in [4.69, 9.17) is 4.79 Å². The fourth-order valence-electron chi connectivity index (χ4n) is 0.956. The highest BCUT2D eigenvalue weighted by Gasteiger charge is 1.92. The van der Waals surface area contributed by atoms with Gasteiger partial charge in [0.25, 0.3) is 0 Å². The molecule has 2 heterocycles. The number of carbonyl (C=O) groups is 1. The molecule has 0 aliphatic carbocycles. The smallest absolute Gasteiger partial charge is 0.309 e. The molecule has 0 aromatic carbocycles. The van der Waals surface area contributed by atoms with E-state index in [2.05, 4.69) is 32.0 Å². The van der Waals surface area contributed by atoms with Gasteiger partial charge in [0.1, 0.15) is 6.26 Å². The summed E-state index contributed by atoms with van der Waals surface area (Å²) >= 11 is 0. The van der Waals surface area contributed by atoms with Gasteiger partial charge in [-0.3, -0.25) is 10.9 Å². The van der Waals surface area contributed by atoms with Crippen molar-refractivity contribution in [3.63, 3.8) is 0 Å². The Kier molecular flexibility index (Phi) is 10.3. The zero-order valence-electron chi connectivity index (χ0n) is 9.19. The van der Waals surface area contributed by atoms with Crippen LogP contribution >= 0.6 is 0 Å². The number of nitrogens with zero attached hydrogens (tertiary/aromatic N) is 1. The van der Waals surface area contributed by atoms with Crippen LogP contribution in [-0.4, -0.2) is 24.3 Å². The summed E-state index contributed by atoms with van der Waals surface area (Å²) in [4.78, 5) is 9.00. The fourth-order valence-corrected chi connectivity index (χ4v) is 0.956. The maximum Gasteiger partial charge on any atom is 0.309 e. The lowest BCUT2D eigenvalue weighted by atomic mass is 10.2. The molecule has 0 spiro atoms. The highest BCUT2D eigenvalue weighted by molar-refractivity contribution is 5.69. The number of hydrogen-bond donors (Lipinski definition) is 4. The Morgan fingerprint density at radius 2 is 1.75 bits per heavy atom. The van der Waals surface area contributed by atoms with E-state index in [1.807, 2.05) is 0 Å². The summed E-state index contributed by atoms with van der Waals surface area (Å²) in [5, 5.41) is 3.35. The molecule has 6 N–H and O–H groups in total. The summed E-state index contributed by atoms with van der Waals surface area (Å²) in [5.41, 5.74) is 14.7. The van der Waals surface area contributed by atoms with E-state index in [-0.39, 0.29) is 0 Å². The van der Waals surface area contributed by atoms with Gasteiger partial charge in [0.2, 0.25) is 0 Å². The maximum atomic E-state index is 9.00. The zero-order chi connectivity index (χ0) is 12.1. The molecule has 7 heteroatoms. The lowest BCUT2D eigenvalue weighted by molar-refractivity contribution is 0.256. The largest absolute Gasteiger partial charge is 0.365 e. The van der Waals surface area contributed by atoms with Crippen LogP contribution in [0.15, 0.2) is 23.0 Å². The van der Waals surface area contributed by atoms with Gasteiger partial charge in [-0.1, -0.05) is 11.6 Å². The predicted octanol–water partition coefficient (Wildman–Crippen LogP) is -0.0371. The van der Waals surface area contributed by atoms with Crippen molar-refractivity contribution in [2.75, 3.05) is 13.1 Å². The van der Waals surface area contributed by atoms with Gasteiger partial charge in [0.15, 0.2) is 0 Å². The van der Waals surface area contributed by atoms with Crippen LogP contribution in [0.1, 0.15) is 19.3 Å². The average Bonchev–Trinajstić information content (AvgIpc) is 2.66. The molecular formula is C9H19N5O2. The van der Waals surface area contributed by atoms with E-state index >= 15 is 0 Å². The van der Waals surface area contributed by atoms with Crippen LogP contribution in [0.2, 0.25) is 0 Å². The minimum atomic E-state index is -0.833. The fraction of sp³-hybridized carbons (Fsp3) is 0.556. The van der Waals surface area contributed by atoms with Gasteiger partial charge in [-0.15, -0.1) is 0 Å². The van der Waals surface area contributed by atoms with E-state index in [9.17, 15) is 0 Å². The average molecular weight is 229 g/mol. The Morgan fingerprint density at radius 3 is 2.06 bits per heavy atom. The van der Waals surface area contributed by atoms with Crippen LogP contribution in [0.3, 0.4) is 0 Å². The quantitative estimate of drug-likeness (QED) is 0.497. The minimum Gasteiger partial charge on any atom is -0.365 e. The van der Waals surface area contributed by atoms with Crippen molar-refractivity contribution in [3.05, 3.63) is 18.5 Å². The number of urea groups is 1. The van der Waals surface area contributed by atoms with Crippen molar-refractivity contribution in [2.45, 2.75) is 19.3 Å². The molecule has 1 aromatic rings. The molecule has 0 saturated carbocycles. The minimum absolute atomic E-state index is 0.833. The van der Waals surface area contributed by atoms with E-state index in [0.717, 1.165) is 13.1 Å². The zero-order valence-corrected chi connectivity index (χ0v) is 9.19. The summed E-state index contributed by atoms with van der Waals surface area (Å²) in [7, 11) is 0. The predicted molar refractivity (Wildman–Crippen MR) is 60.1 cm³/mol. The number of rotatable bonds is 0. The number of aromatic nitrogens is 1. The van der Waals surface area contributed by atoms with Gasteiger partial charge < -0.3 is 16.0 Å². The van der Waals surface area contributed by atoms with Crippen molar-refractivity contribution in [2.24, 2.45) is 11.5 Å². The SMILES string of the molecule is C1CCNNCC1.NC(N)=O.c1cnoc1. The first-order valence-corrected chi connectivity index (χ1v) is 5.08. The standard InChI is InChI=1S/C5H12N2.C3H3NO.CH4N2O/c1-2-4-6-7-5-3-1;1-2-4-5-3-1;2-1(3)4/h6-7H,1-5H2;1-3H;(H4,2,3,4). The summed E-state index contributed by atoms with van der Waals surface area (Å²) < 4.78 is 4.33. The van der Waals surface area contributed by atoms with Crippen molar-refractivity contribution in [3.8, 4) is 0 Å². The number of amides is 2. The van der Waals surface area contributed by atoms with Crippen molar-refractivity contribution >= 4 is 6.03 Å². The number of hydrogen-bond acceptors (Lipinski definition) is 5. The number of primary amides is 2. The third kappa shape index (κ3) is 14.9. The third-order valence-electron chi connectivity index (χ3n) is 1.58. The number of nitrogens with two attached hydrogens (primary N) is 2. The summed E-state index contributed by atoms with van der Waals surface area (Å²) in [6.07, 6.45) is 7.12. The maximum absolute atomic E-state index is 9.00. The van der Waals surface area contributed by atoms with Crippen molar-refractivity contribution in [1.82, 2.24) is 16.0 Å². The highest BCUT2D eigenvalue weighted by Crippen LogP contribution is 1.93. The van der Waals surface area contributed by atoms with Gasteiger partial charge in [-0.25, -0.2) is 4.79 Å². The molecule has 16 heavy (non-hydrogen) atoms. The molecule has 0 bridgehead atoms. The van der Waals surface area contributed by atoms with Gasteiger partial charge in [-0.05, 0) is 18.9 Å². The first-order valence-electron chi connectivity index (χ1n) is 5.08. The van der Waals surface area contributed by atoms with Crippen LogP contribution in [0.25, 0.3) is 0 Å². The second kappa shape index (κ2) is 11.5. The first kappa shape index (κ1) is 14.4. The molecule has 1 fully saturated rings. The third-order valence-corrected chi connectivity index (χ3v) is 1.58. The molecule has 2 rings (SSSR count). The molecule has 7 nitrogen and oxygen atoms in total. The van der Waals surface area contributed by atoms with Gasteiger partial charge >= 0.3 is 6.03 Å². The molecule has 2 amide bonds. The summed E-state index contributed by atoms with van der Waals surface area (Å²) in [6, 6.07) is 0.889. The Hall–Kier alpha value is -1.60. The van der Waals surface area contributed by atoms with Crippen LogP contribution in [-0.2, 0) is 0 Å². The molecule has 92 valence electrons. The Morgan fingerprint density at radius 1 is 1.19 bits per heavy atom. The van der Waals surface area contributed by atoms with E-state index in [1.165, 1.54) is 25.5 Å². The topological polar surface area (TPSA) is 119 Å². The number of carbonyl (C=O) groups excluding carboxylic acids is 1. The Labute approximate surface area is 94.5 Å². The Bertz CT molecular complexity index is 199. The molecule has 0 radical (unpaired) electrons. The second-order valence-electron chi connectivity index (χ2n) is 3.01. The lowest BCUT2D eigenvalue weighted by Crippen LogP contribution is -2.30. The summed E-state index contributed by atoms with van der Waals surface area (Å²) in [5.74, 6) is 0. The number of hydrazine groups is 1. The second-order valence-corrected chi connectivity index (χ2v) is 3.01. The summed E-state index contributed by atoms with van der Waals surface area (Å²) in [6.45, 7) is 2.28. The number of nitrogens with one attached hydrogen (secondary N) is 2. The first-order chi connectivity index (χ1) is 7.73. The van der Waals surface area contributed by atoms with Gasteiger partial charge in [0.05, 0.1) is 6.20 Å². The van der Waals surface area contributed by atoms with Gasteiger partial charge in [-0.2, -0.15) is 0 Å². The van der Waals surface area contributed by atoms with Crippen molar-refractivity contribution in [1.29, 1.82) is 0 Å². The van der Waals surface area contributed by atoms with Crippen LogP contribution < -0.4 is 22.3 Å². The van der Waals surface area contributed by atoms with Crippen LogP contribution in [0.5, 0.6) is 0 Å². The van der Waals surface area contributed by atoms with Crippen LogP contribution in [0.4, 0.5) is 4.79 Å². The van der Waals surface area contributed by atoms with Gasteiger partial charge in [0, 0.05) is 13.1 Å².